The van der Waals surface area contributed by atoms with Crippen LogP contribution < -0.4 is 4.74 Å². The summed E-state index contributed by atoms with van der Waals surface area (Å²) in [5, 5.41) is 10.5. The van der Waals surface area contributed by atoms with Crippen LogP contribution in [0.15, 0.2) is 18.2 Å². The average Bonchev–Trinajstić information content (AvgIpc) is 2.45. The molecule has 2 rings (SSSR count). The molecule has 1 amide bonds. The van der Waals surface area contributed by atoms with Gasteiger partial charge < -0.3 is 9.64 Å². The van der Waals surface area contributed by atoms with Crippen LogP contribution in [-0.2, 0) is 9.59 Å². The minimum Gasteiger partial charge on any atom is -0.484 e. The lowest BCUT2D eigenvalue weighted by Gasteiger charge is -2.25. The fraction of sp³-hybridized carbons (Fsp3) is 0.385. The number of hydrogen-bond donors (Lipinski definition) is 0. The maximum absolute atomic E-state index is 13.4. The second-order valence-corrected chi connectivity index (χ2v) is 4.58. The van der Waals surface area contributed by atoms with Crippen molar-refractivity contribution < 1.29 is 23.6 Å². The summed E-state index contributed by atoms with van der Waals surface area (Å²) in [5.74, 6) is -1.16. The maximum Gasteiger partial charge on any atom is 0.305 e. The van der Waals surface area contributed by atoms with Gasteiger partial charge in [0, 0.05) is 38.1 Å². The van der Waals surface area contributed by atoms with Crippen LogP contribution in [0.5, 0.6) is 5.75 Å². The van der Waals surface area contributed by atoms with Crippen molar-refractivity contribution in [3.05, 3.63) is 34.1 Å². The highest BCUT2D eigenvalue weighted by Gasteiger charge is 2.21. The van der Waals surface area contributed by atoms with Crippen molar-refractivity contribution in [2.45, 2.75) is 12.8 Å². The van der Waals surface area contributed by atoms with E-state index in [1.807, 2.05) is 0 Å². The van der Waals surface area contributed by atoms with Crippen LogP contribution in [0.4, 0.5) is 10.1 Å². The smallest absolute Gasteiger partial charge is 0.305 e. The third-order valence-corrected chi connectivity index (χ3v) is 3.15. The first-order chi connectivity index (χ1) is 9.97. The SMILES string of the molecule is O=C1CCN(C(=O)COc2ccc([N+](=O)[O-])c(F)c2)CC1. The summed E-state index contributed by atoms with van der Waals surface area (Å²) < 4.78 is 18.5. The number of nitro benzene ring substituents is 1. The van der Waals surface area contributed by atoms with Crippen molar-refractivity contribution in [2.75, 3.05) is 19.7 Å². The zero-order valence-corrected chi connectivity index (χ0v) is 11.1. The lowest BCUT2D eigenvalue weighted by molar-refractivity contribution is -0.387. The Morgan fingerprint density at radius 1 is 1.38 bits per heavy atom. The van der Waals surface area contributed by atoms with Crippen molar-refractivity contribution in [1.29, 1.82) is 0 Å². The molecule has 0 saturated carbocycles. The van der Waals surface area contributed by atoms with Gasteiger partial charge in [0.15, 0.2) is 6.61 Å². The standard InChI is InChI=1S/C13H13FN2O5/c14-11-7-10(1-2-12(11)16(19)20)21-8-13(18)15-5-3-9(17)4-6-15/h1-2,7H,3-6,8H2. The van der Waals surface area contributed by atoms with E-state index in [1.54, 1.807) is 0 Å². The van der Waals surface area contributed by atoms with E-state index >= 15 is 0 Å². The number of ether oxygens (including phenoxy) is 1. The van der Waals surface area contributed by atoms with Gasteiger partial charge in [-0.05, 0) is 6.07 Å². The Balaban J connectivity index is 1.91. The number of piperidine rings is 1. The molecule has 0 aliphatic carbocycles. The summed E-state index contributed by atoms with van der Waals surface area (Å²) in [7, 11) is 0. The van der Waals surface area contributed by atoms with Crippen molar-refractivity contribution in [2.24, 2.45) is 0 Å². The Morgan fingerprint density at radius 3 is 2.62 bits per heavy atom. The first-order valence-electron chi connectivity index (χ1n) is 6.33. The van der Waals surface area contributed by atoms with E-state index in [2.05, 4.69) is 0 Å². The Kier molecular flexibility index (Phi) is 4.46. The number of nitrogens with zero attached hydrogens (tertiary/aromatic N) is 2. The Hall–Kier alpha value is -2.51. The molecule has 0 atom stereocenters. The van der Waals surface area contributed by atoms with Crippen molar-refractivity contribution in [3.63, 3.8) is 0 Å². The largest absolute Gasteiger partial charge is 0.484 e. The molecule has 1 aromatic carbocycles. The number of hydrogen-bond acceptors (Lipinski definition) is 5. The number of carbonyl (C=O) groups excluding carboxylic acids is 2. The molecule has 1 saturated heterocycles. The molecule has 112 valence electrons. The second kappa shape index (κ2) is 6.29. The molecule has 1 fully saturated rings. The molecule has 1 aliphatic rings. The van der Waals surface area contributed by atoms with Gasteiger partial charge in [0.2, 0.25) is 5.82 Å². The van der Waals surface area contributed by atoms with Gasteiger partial charge in [0.1, 0.15) is 11.5 Å². The van der Waals surface area contributed by atoms with Crippen LogP contribution in [0.3, 0.4) is 0 Å². The Bertz CT molecular complexity index is 580. The Labute approximate surface area is 119 Å². The molecule has 0 spiro atoms. The van der Waals surface area contributed by atoms with E-state index in [9.17, 15) is 24.1 Å². The van der Waals surface area contributed by atoms with Gasteiger partial charge in [-0.1, -0.05) is 0 Å². The number of likely N-dealkylation sites (tertiary alicyclic amines) is 1. The zero-order chi connectivity index (χ0) is 15.4. The highest BCUT2D eigenvalue weighted by molar-refractivity contribution is 5.83. The van der Waals surface area contributed by atoms with Gasteiger partial charge in [-0.2, -0.15) is 4.39 Å². The summed E-state index contributed by atoms with van der Waals surface area (Å²) in [6.45, 7) is 0.413. The molecular weight excluding hydrogens is 283 g/mol. The van der Waals surface area contributed by atoms with E-state index in [-0.39, 0.29) is 24.0 Å². The number of rotatable bonds is 4. The van der Waals surface area contributed by atoms with Crippen LogP contribution in [0, 0.1) is 15.9 Å². The molecule has 0 bridgehead atoms. The second-order valence-electron chi connectivity index (χ2n) is 4.58. The zero-order valence-electron chi connectivity index (χ0n) is 11.1. The topological polar surface area (TPSA) is 89.8 Å². The molecule has 1 heterocycles. The summed E-state index contributed by atoms with van der Waals surface area (Å²) in [5.41, 5.74) is -0.650. The van der Waals surface area contributed by atoms with Gasteiger partial charge in [0.05, 0.1) is 4.92 Å². The third-order valence-electron chi connectivity index (χ3n) is 3.15. The van der Waals surface area contributed by atoms with Crippen LogP contribution in [-0.4, -0.2) is 41.2 Å². The quantitative estimate of drug-likeness (QED) is 0.617. The third kappa shape index (κ3) is 3.74. The van der Waals surface area contributed by atoms with Crippen LogP contribution >= 0.6 is 0 Å². The lowest BCUT2D eigenvalue weighted by Crippen LogP contribution is -2.41. The molecule has 0 aromatic heterocycles. The molecule has 1 aromatic rings. The van der Waals surface area contributed by atoms with E-state index in [0.717, 1.165) is 12.1 Å². The van der Waals surface area contributed by atoms with E-state index < -0.39 is 16.4 Å². The fourth-order valence-corrected chi connectivity index (χ4v) is 1.97. The number of ketones is 1. The van der Waals surface area contributed by atoms with E-state index in [4.69, 9.17) is 4.74 Å². The van der Waals surface area contributed by atoms with Gasteiger partial charge in [-0.15, -0.1) is 0 Å². The van der Waals surface area contributed by atoms with Crippen LogP contribution in [0.1, 0.15) is 12.8 Å². The highest BCUT2D eigenvalue weighted by Crippen LogP contribution is 2.22. The summed E-state index contributed by atoms with van der Waals surface area (Å²) >= 11 is 0. The molecule has 7 nitrogen and oxygen atoms in total. The molecule has 1 aliphatic heterocycles. The minimum absolute atomic E-state index is 0.0412. The van der Waals surface area contributed by atoms with E-state index in [1.165, 1.54) is 11.0 Å². The number of carbonyl (C=O) groups is 2. The van der Waals surface area contributed by atoms with E-state index in [0.29, 0.717) is 25.9 Å². The van der Waals surface area contributed by atoms with Gasteiger partial charge >= 0.3 is 5.69 Å². The summed E-state index contributed by atoms with van der Waals surface area (Å²) in [6, 6.07) is 3.08. The summed E-state index contributed by atoms with van der Waals surface area (Å²) in [6.07, 6.45) is 0.662. The number of benzene rings is 1. The normalized spacial score (nSPS) is 14.9. The van der Waals surface area contributed by atoms with Crippen molar-refractivity contribution in [3.8, 4) is 5.75 Å². The number of nitro groups is 1. The molecular formula is C13H13FN2O5. The van der Waals surface area contributed by atoms with Crippen molar-refractivity contribution in [1.82, 2.24) is 4.90 Å². The van der Waals surface area contributed by atoms with Crippen LogP contribution in [0.25, 0.3) is 0 Å². The molecule has 21 heavy (non-hydrogen) atoms. The molecule has 0 unspecified atom stereocenters. The highest BCUT2D eigenvalue weighted by atomic mass is 19.1. The van der Waals surface area contributed by atoms with Crippen molar-refractivity contribution >= 4 is 17.4 Å². The molecule has 0 radical (unpaired) electrons. The first kappa shape index (κ1) is 14.9. The minimum atomic E-state index is -1.02. The average molecular weight is 296 g/mol. The predicted molar refractivity (Wildman–Crippen MR) is 69.4 cm³/mol. The summed E-state index contributed by atoms with van der Waals surface area (Å²) in [4.78, 5) is 34.0. The maximum atomic E-state index is 13.4. The predicted octanol–water partition coefficient (Wildman–Crippen LogP) is 1.30. The lowest BCUT2D eigenvalue weighted by atomic mass is 10.1. The monoisotopic (exact) mass is 296 g/mol. The number of Topliss-reactive ketones (excluding diaryl/α,β-unsaturated/α-hetero) is 1. The van der Waals surface area contributed by atoms with Gasteiger partial charge in [-0.3, -0.25) is 19.7 Å². The first-order valence-corrected chi connectivity index (χ1v) is 6.33. The number of amides is 1. The van der Waals surface area contributed by atoms with Gasteiger partial charge in [-0.25, -0.2) is 0 Å². The van der Waals surface area contributed by atoms with Gasteiger partial charge in [0.25, 0.3) is 5.91 Å². The van der Waals surface area contributed by atoms with Crippen LogP contribution in [0.2, 0.25) is 0 Å². The number of halogens is 1. The molecule has 8 heteroatoms. The molecule has 0 N–H and O–H groups in total. The Morgan fingerprint density at radius 2 is 2.05 bits per heavy atom. The fourth-order valence-electron chi connectivity index (χ4n) is 1.97.